The summed E-state index contributed by atoms with van der Waals surface area (Å²) < 4.78 is 30.4. The summed E-state index contributed by atoms with van der Waals surface area (Å²) in [7, 11) is -4.05. The average Bonchev–Trinajstić information content (AvgIpc) is 3.27. The fourth-order valence-corrected chi connectivity index (χ4v) is 3.49. The normalized spacial score (nSPS) is 12.3. The van der Waals surface area contributed by atoms with Gasteiger partial charge in [0.25, 0.3) is 0 Å². The number of aromatic nitrogens is 3. The number of hydrogen-bond acceptors (Lipinski definition) is 7. The van der Waals surface area contributed by atoms with Crippen molar-refractivity contribution in [2.75, 3.05) is 0 Å². The van der Waals surface area contributed by atoms with Crippen molar-refractivity contribution in [3.8, 4) is 0 Å². The Bertz CT molecular complexity index is 1040. The highest BCUT2D eigenvalue weighted by atomic mass is 35.5. The van der Waals surface area contributed by atoms with Gasteiger partial charge in [-0.1, -0.05) is 11.6 Å². The Morgan fingerprint density at radius 3 is 2.60 bits per heavy atom. The Morgan fingerprint density at radius 2 is 1.96 bits per heavy atom. The second-order valence-corrected chi connectivity index (χ2v) is 7.09. The van der Waals surface area contributed by atoms with Crippen molar-refractivity contribution in [3.63, 3.8) is 0 Å². The van der Waals surface area contributed by atoms with Gasteiger partial charge in [0.15, 0.2) is 5.82 Å². The third-order valence-corrected chi connectivity index (χ3v) is 5.14. The summed E-state index contributed by atoms with van der Waals surface area (Å²) in [5.74, 6) is -1.36. The monoisotopic (exact) mass is 379 g/mol. The van der Waals surface area contributed by atoms with Crippen LogP contribution in [0.2, 0.25) is 5.02 Å². The van der Waals surface area contributed by atoms with E-state index in [0.717, 1.165) is 18.7 Å². The van der Waals surface area contributed by atoms with Crippen LogP contribution in [0.1, 0.15) is 16.2 Å². The number of nitrogens with one attached hydrogen (secondary N) is 1. The molecule has 2 aromatic heterocycles. The van der Waals surface area contributed by atoms with Crippen LogP contribution >= 0.6 is 11.6 Å². The number of benzene rings is 1. The first-order valence-corrected chi connectivity index (χ1v) is 8.64. The summed E-state index contributed by atoms with van der Waals surface area (Å²) in [6.07, 6.45) is 3.06. The molecule has 10 heteroatoms. The molecule has 0 radical (unpaired) electrons. The number of allylic oxidation sites excluding steroid dienone is 1. The van der Waals surface area contributed by atoms with Gasteiger partial charge in [-0.15, -0.1) is 0 Å². The molecule has 0 spiro atoms. The van der Waals surface area contributed by atoms with Crippen LogP contribution < -0.4 is 0 Å². The predicted molar refractivity (Wildman–Crippen MR) is 86.9 cm³/mol. The molecular weight excluding hydrogens is 370 g/mol. The Labute approximate surface area is 146 Å². The molecule has 1 aromatic carbocycles. The summed E-state index contributed by atoms with van der Waals surface area (Å²) in [6, 6.07) is 6.69. The SMILES string of the molecule is O=C(C=C(O)c1ccoc1S(=O)(=O)c1ccc(Cl)cc1)c1ncn[nH]1. The molecule has 0 fully saturated rings. The van der Waals surface area contributed by atoms with Crippen molar-refractivity contribution < 1.29 is 22.7 Å². The van der Waals surface area contributed by atoms with Crippen molar-refractivity contribution in [2.24, 2.45) is 0 Å². The van der Waals surface area contributed by atoms with Crippen LogP contribution in [-0.2, 0) is 9.84 Å². The summed E-state index contributed by atoms with van der Waals surface area (Å²) in [5.41, 5.74) is -0.150. The van der Waals surface area contributed by atoms with E-state index in [1.54, 1.807) is 0 Å². The molecule has 0 aliphatic carbocycles. The van der Waals surface area contributed by atoms with Crippen LogP contribution in [-0.4, -0.2) is 34.5 Å². The second-order valence-electron chi connectivity index (χ2n) is 4.81. The van der Waals surface area contributed by atoms with Crippen LogP contribution in [0, 0.1) is 0 Å². The van der Waals surface area contributed by atoms with Crippen molar-refractivity contribution in [1.29, 1.82) is 0 Å². The van der Waals surface area contributed by atoms with Gasteiger partial charge in [0.05, 0.1) is 16.7 Å². The van der Waals surface area contributed by atoms with E-state index in [9.17, 15) is 18.3 Å². The van der Waals surface area contributed by atoms with Crippen LogP contribution in [0.15, 0.2) is 63.4 Å². The number of aliphatic hydroxyl groups is 1. The molecule has 25 heavy (non-hydrogen) atoms. The number of halogens is 1. The molecule has 2 heterocycles. The predicted octanol–water partition coefficient (Wildman–Crippen LogP) is 2.67. The highest BCUT2D eigenvalue weighted by molar-refractivity contribution is 7.91. The van der Waals surface area contributed by atoms with Gasteiger partial charge in [0.1, 0.15) is 12.1 Å². The number of aromatic amines is 1. The first-order valence-electron chi connectivity index (χ1n) is 6.78. The number of rotatable bonds is 5. The van der Waals surface area contributed by atoms with Gasteiger partial charge in [-0.05, 0) is 30.3 Å². The van der Waals surface area contributed by atoms with Crippen molar-refractivity contribution in [2.45, 2.75) is 9.99 Å². The number of carbonyl (C=O) groups is 1. The Hall–Kier alpha value is -2.91. The molecule has 3 aromatic rings. The van der Waals surface area contributed by atoms with E-state index in [2.05, 4.69) is 15.2 Å². The third-order valence-electron chi connectivity index (χ3n) is 3.19. The molecular formula is C15H10ClN3O5S. The van der Waals surface area contributed by atoms with E-state index in [1.807, 2.05) is 0 Å². The fourth-order valence-electron chi connectivity index (χ4n) is 2.01. The maximum atomic E-state index is 12.7. The van der Waals surface area contributed by atoms with Gasteiger partial charge in [-0.3, -0.25) is 9.89 Å². The zero-order valence-electron chi connectivity index (χ0n) is 12.4. The lowest BCUT2D eigenvalue weighted by Crippen LogP contribution is -2.04. The van der Waals surface area contributed by atoms with Crippen LogP contribution in [0.4, 0.5) is 0 Å². The maximum absolute atomic E-state index is 12.7. The van der Waals surface area contributed by atoms with Gasteiger partial charge in [0, 0.05) is 11.1 Å². The second kappa shape index (κ2) is 6.54. The van der Waals surface area contributed by atoms with Crippen molar-refractivity contribution >= 4 is 33.0 Å². The average molecular weight is 380 g/mol. The lowest BCUT2D eigenvalue weighted by molar-refractivity contribution is 0.103. The maximum Gasteiger partial charge on any atom is 0.240 e. The van der Waals surface area contributed by atoms with Gasteiger partial charge in [0.2, 0.25) is 20.7 Å². The quantitative estimate of drug-likeness (QED) is 0.396. The minimum absolute atomic E-state index is 0.0672. The molecule has 0 saturated heterocycles. The van der Waals surface area contributed by atoms with Crippen molar-refractivity contribution in [3.05, 3.63) is 65.4 Å². The molecule has 0 aliphatic heterocycles. The van der Waals surface area contributed by atoms with Crippen molar-refractivity contribution in [1.82, 2.24) is 15.2 Å². The number of hydrogen-bond donors (Lipinski definition) is 2. The molecule has 0 aliphatic rings. The largest absolute Gasteiger partial charge is 0.507 e. The molecule has 0 atom stereocenters. The first kappa shape index (κ1) is 16.9. The highest BCUT2D eigenvalue weighted by Crippen LogP contribution is 2.29. The van der Waals surface area contributed by atoms with Gasteiger partial charge < -0.3 is 9.52 Å². The summed E-state index contributed by atoms with van der Waals surface area (Å²) in [4.78, 5) is 15.5. The van der Waals surface area contributed by atoms with Crippen LogP contribution in [0.25, 0.3) is 5.76 Å². The van der Waals surface area contributed by atoms with Crippen LogP contribution in [0.3, 0.4) is 0 Å². The van der Waals surface area contributed by atoms with E-state index in [-0.39, 0.29) is 16.3 Å². The van der Waals surface area contributed by atoms with Gasteiger partial charge >= 0.3 is 0 Å². The number of nitrogens with zero attached hydrogens (tertiary/aromatic N) is 2. The smallest absolute Gasteiger partial charge is 0.240 e. The summed E-state index contributed by atoms with van der Waals surface area (Å²) in [6.45, 7) is 0. The van der Waals surface area contributed by atoms with Crippen LogP contribution in [0.5, 0.6) is 0 Å². The van der Waals surface area contributed by atoms with E-state index >= 15 is 0 Å². The fraction of sp³-hybridized carbons (Fsp3) is 0. The van der Waals surface area contributed by atoms with E-state index < -0.39 is 26.5 Å². The Kier molecular flexibility index (Phi) is 4.43. The standard InChI is InChI=1S/C15H10ClN3O5S/c16-9-1-3-10(4-2-9)25(22,23)15-11(5-6-24-15)12(20)7-13(21)14-17-8-18-19-14/h1-8,20H,(H,17,18,19). The number of ketones is 1. The number of carbonyl (C=O) groups excluding carboxylic acids is 1. The number of H-pyrrole nitrogens is 1. The summed E-state index contributed by atoms with van der Waals surface area (Å²) >= 11 is 5.76. The third kappa shape index (κ3) is 3.32. The lowest BCUT2D eigenvalue weighted by Gasteiger charge is -2.04. The molecule has 8 nitrogen and oxygen atoms in total. The highest BCUT2D eigenvalue weighted by Gasteiger charge is 2.27. The molecule has 0 amide bonds. The molecule has 128 valence electrons. The lowest BCUT2D eigenvalue weighted by atomic mass is 10.2. The van der Waals surface area contributed by atoms with E-state index in [1.165, 1.54) is 30.3 Å². The molecule has 3 rings (SSSR count). The zero-order chi connectivity index (χ0) is 18.0. The summed E-state index contributed by atoms with van der Waals surface area (Å²) in [5, 5.41) is 15.9. The van der Waals surface area contributed by atoms with E-state index in [4.69, 9.17) is 16.0 Å². The minimum Gasteiger partial charge on any atom is -0.507 e. The zero-order valence-corrected chi connectivity index (χ0v) is 14.0. The van der Waals surface area contributed by atoms with E-state index in [0.29, 0.717) is 5.02 Å². The Morgan fingerprint density at radius 1 is 1.24 bits per heavy atom. The first-order chi connectivity index (χ1) is 11.9. The number of furan rings is 1. The molecule has 0 unspecified atom stereocenters. The molecule has 0 saturated carbocycles. The number of aliphatic hydroxyl groups excluding tert-OH is 1. The van der Waals surface area contributed by atoms with Gasteiger partial charge in [-0.25, -0.2) is 13.4 Å². The Balaban J connectivity index is 2.00. The van der Waals surface area contributed by atoms with Gasteiger partial charge in [-0.2, -0.15) is 5.10 Å². The molecule has 2 N–H and O–H groups in total. The minimum atomic E-state index is -4.05. The number of sulfone groups is 1. The molecule has 0 bridgehead atoms. The topological polar surface area (TPSA) is 126 Å².